The van der Waals surface area contributed by atoms with Gasteiger partial charge in [0.25, 0.3) is 6.43 Å². The highest BCUT2D eigenvalue weighted by Crippen LogP contribution is 2.32. The molecule has 0 aliphatic heterocycles. The molecule has 0 atom stereocenters. The third-order valence-corrected chi connectivity index (χ3v) is 4.70. The molecule has 0 saturated heterocycles. The summed E-state index contributed by atoms with van der Waals surface area (Å²) in [5.41, 5.74) is 2.79. The van der Waals surface area contributed by atoms with Crippen LogP contribution in [0.4, 0.5) is 19.1 Å². The molecule has 9 heteroatoms. The Morgan fingerprint density at radius 3 is 2.72 bits per heavy atom. The van der Waals surface area contributed by atoms with Crippen LogP contribution in [0.3, 0.4) is 0 Å². The fraction of sp³-hybridized carbons (Fsp3) is 0.400. The summed E-state index contributed by atoms with van der Waals surface area (Å²) < 4.78 is 41.0. The highest BCUT2D eigenvalue weighted by molar-refractivity contribution is 5.85. The van der Waals surface area contributed by atoms with Crippen LogP contribution in [0, 0.1) is 6.92 Å². The van der Waals surface area contributed by atoms with Crippen molar-refractivity contribution < 1.29 is 13.2 Å². The van der Waals surface area contributed by atoms with E-state index in [4.69, 9.17) is 0 Å². The van der Waals surface area contributed by atoms with E-state index >= 15 is 0 Å². The average molecular weight is 402 g/mol. The number of alkyl halides is 3. The number of fused-ring (bicyclic) bond motifs is 2. The first-order valence-electron chi connectivity index (χ1n) is 9.33. The number of nitrogens with one attached hydrogen (secondary N) is 1. The fourth-order valence-electron chi connectivity index (χ4n) is 3.34. The first kappa shape index (κ1) is 19.4. The monoisotopic (exact) mass is 402 g/mol. The number of rotatable bonds is 6. The van der Waals surface area contributed by atoms with Gasteiger partial charge in [-0.25, -0.2) is 33.1 Å². The van der Waals surface area contributed by atoms with Crippen molar-refractivity contribution in [3.05, 3.63) is 47.2 Å². The topological polar surface area (TPSA) is 68.5 Å². The molecule has 1 N–H and O–H groups in total. The van der Waals surface area contributed by atoms with Gasteiger partial charge in [0.1, 0.15) is 17.0 Å². The smallest absolute Gasteiger partial charge is 0.256 e. The summed E-state index contributed by atoms with van der Waals surface area (Å²) in [6, 6.07) is 3.60. The van der Waals surface area contributed by atoms with Gasteiger partial charge in [-0.3, -0.25) is 0 Å². The third kappa shape index (κ3) is 3.94. The quantitative estimate of drug-likeness (QED) is 0.676. The number of hydrogen-bond donors (Lipinski definition) is 1. The van der Waals surface area contributed by atoms with Crippen molar-refractivity contribution in [3.63, 3.8) is 0 Å². The Labute approximate surface area is 165 Å². The molecule has 0 amide bonds. The Balaban J connectivity index is 1.65. The predicted octanol–water partition coefficient (Wildman–Crippen LogP) is 3.94. The van der Waals surface area contributed by atoms with Crippen LogP contribution in [0.1, 0.15) is 36.6 Å². The van der Waals surface area contributed by atoms with E-state index in [1.54, 1.807) is 19.2 Å². The summed E-state index contributed by atoms with van der Waals surface area (Å²) in [5, 5.41) is 2.90. The number of aromatic nitrogens is 5. The molecule has 0 spiro atoms. The first-order chi connectivity index (χ1) is 13.7. The van der Waals surface area contributed by atoms with E-state index in [1.165, 1.54) is 18.4 Å². The summed E-state index contributed by atoms with van der Waals surface area (Å²) in [6.45, 7) is 4.31. The number of anilines is 1. The Hall–Kier alpha value is -2.97. The van der Waals surface area contributed by atoms with Crippen LogP contribution in [-0.4, -0.2) is 43.1 Å². The van der Waals surface area contributed by atoms with Crippen LogP contribution in [0.25, 0.3) is 16.7 Å². The molecule has 0 aromatic carbocycles. The lowest BCUT2D eigenvalue weighted by molar-refractivity contribution is 0.127. The van der Waals surface area contributed by atoms with Gasteiger partial charge in [-0.1, -0.05) is 6.08 Å². The molecule has 3 heterocycles. The molecular formula is C20H21F3N6. The van der Waals surface area contributed by atoms with Crippen LogP contribution in [0.5, 0.6) is 0 Å². The molecule has 1 aliphatic carbocycles. The van der Waals surface area contributed by atoms with Crippen molar-refractivity contribution in [2.24, 2.45) is 0 Å². The Bertz CT molecular complexity index is 1100. The lowest BCUT2D eigenvalue weighted by Gasteiger charge is -2.15. The Morgan fingerprint density at radius 2 is 2.00 bits per heavy atom. The largest absolute Gasteiger partial charge is 0.351 e. The number of nitrogens with zero attached hydrogens (tertiary/aromatic N) is 5. The summed E-state index contributed by atoms with van der Waals surface area (Å²) in [7, 11) is 0. The highest BCUT2D eigenvalue weighted by atomic mass is 19.3. The van der Waals surface area contributed by atoms with Crippen LogP contribution in [-0.2, 0) is 13.0 Å². The molecule has 0 radical (unpaired) electrons. The number of pyridine rings is 1. The number of allylic oxidation sites excluding steroid dienone is 1. The maximum absolute atomic E-state index is 13.7. The molecule has 152 valence electrons. The van der Waals surface area contributed by atoms with Gasteiger partial charge in [0.2, 0.25) is 5.95 Å². The predicted molar refractivity (Wildman–Crippen MR) is 105 cm³/mol. The standard InChI is InChI=1S/C20H21F3N6/c1-11-26-16-7-6-14(27-18(16)29(11)9-17(21)22)12-4-5-15-13(12)8-24-19(28-15)25-10-20(2,3)23/h4,6-8,17H,5,9-10H2,1-3H3,(H,24,25,28). The van der Waals surface area contributed by atoms with E-state index in [0.717, 1.165) is 16.8 Å². The minimum Gasteiger partial charge on any atom is -0.351 e. The second kappa shape index (κ2) is 7.13. The molecule has 0 fully saturated rings. The van der Waals surface area contributed by atoms with Gasteiger partial charge in [-0.2, -0.15) is 0 Å². The maximum Gasteiger partial charge on any atom is 0.256 e. The van der Waals surface area contributed by atoms with Crippen LogP contribution in [0.2, 0.25) is 0 Å². The molecular weight excluding hydrogens is 381 g/mol. The van der Waals surface area contributed by atoms with Crippen LogP contribution >= 0.6 is 0 Å². The highest BCUT2D eigenvalue weighted by Gasteiger charge is 2.22. The summed E-state index contributed by atoms with van der Waals surface area (Å²) in [5.74, 6) is 0.874. The lowest BCUT2D eigenvalue weighted by atomic mass is 10.1. The summed E-state index contributed by atoms with van der Waals surface area (Å²) in [6.07, 6.45) is 1.77. The van der Waals surface area contributed by atoms with Gasteiger partial charge < -0.3 is 9.88 Å². The molecule has 0 unspecified atom stereocenters. The zero-order chi connectivity index (χ0) is 20.8. The molecule has 3 aromatic rings. The van der Waals surface area contributed by atoms with E-state index in [0.29, 0.717) is 35.1 Å². The number of imidazole rings is 1. The molecule has 6 nitrogen and oxygen atoms in total. The van der Waals surface area contributed by atoms with Gasteiger partial charge >= 0.3 is 0 Å². The van der Waals surface area contributed by atoms with Crippen molar-refractivity contribution in [1.82, 2.24) is 24.5 Å². The molecule has 29 heavy (non-hydrogen) atoms. The van der Waals surface area contributed by atoms with E-state index in [-0.39, 0.29) is 6.54 Å². The average Bonchev–Trinajstić information content (AvgIpc) is 3.19. The van der Waals surface area contributed by atoms with Gasteiger partial charge in [0, 0.05) is 23.8 Å². The lowest BCUT2D eigenvalue weighted by Crippen LogP contribution is -2.25. The normalized spacial score (nSPS) is 13.8. The molecule has 3 aromatic heterocycles. The van der Waals surface area contributed by atoms with E-state index in [2.05, 4.69) is 25.3 Å². The minimum atomic E-state index is -2.49. The van der Waals surface area contributed by atoms with Crippen molar-refractivity contribution >= 4 is 22.7 Å². The van der Waals surface area contributed by atoms with Crippen molar-refractivity contribution in [1.29, 1.82) is 0 Å². The summed E-state index contributed by atoms with van der Waals surface area (Å²) in [4.78, 5) is 17.7. The van der Waals surface area contributed by atoms with E-state index in [9.17, 15) is 13.2 Å². The fourth-order valence-corrected chi connectivity index (χ4v) is 3.34. The maximum atomic E-state index is 13.7. The first-order valence-corrected chi connectivity index (χ1v) is 9.33. The second-order valence-corrected chi connectivity index (χ2v) is 7.65. The molecule has 0 bridgehead atoms. The summed E-state index contributed by atoms with van der Waals surface area (Å²) >= 11 is 0. The minimum absolute atomic E-state index is 0.109. The number of halogens is 3. The molecule has 0 saturated carbocycles. The SMILES string of the molecule is Cc1nc2ccc(C3=CCc4nc(NCC(C)(C)F)ncc43)nc2n1CC(F)F. The van der Waals surface area contributed by atoms with E-state index < -0.39 is 18.6 Å². The zero-order valence-electron chi connectivity index (χ0n) is 16.4. The number of aryl methyl sites for hydroxylation is 1. The third-order valence-electron chi connectivity index (χ3n) is 4.70. The van der Waals surface area contributed by atoms with Crippen molar-refractivity contribution in [2.75, 3.05) is 11.9 Å². The number of hydrogen-bond acceptors (Lipinski definition) is 5. The van der Waals surface area contributed by atoms with Gasteiger partial charge in [0.15, 0.2) is 5.65 Å². The molecule has 1 aliphatic rings. The van der Waals surface area contributed by atoms with Gasteiger partial charge in [-0.15, -0.1) is 0 Å². The van der Waals surface area contributed by atoms with Crippen molar-refractivity contribution in [3.8, 4) is 0 Å². The zero-order valence-corrected chi connectivity index (χ0v) is 16.4. The van der Waals surface area contributed by atoms with Crippen LogP contribution in [0.15, 0.2) is 24.4 Å². The Kier molecular flexibility index (Phi) is 4.76. The van der Waals surface area contributed by atoms with E-state index in [1.807, 2.05) is 12.1 Å². The molecule has 4 rings (SSSR count). The Morgan fingerprint density at radius 1 is 1.21 bits per heavy atom. The second-order valence-electron chi connectivity index (χ2n) is 7.65. The van der Waals surface area contributed by atoms with Gasteiger partial charge in [-0.05, 0) is 32.9 Å². The van der Waals surface area contributed by atoms with Crippen molar-refractivity contribution in [2.45, 2.75) is 45.8 Å². The van der Waals surface area contributed by atoms with Gasteiger partial charge in [0.05, 0.1) is 24.5 Å². The van der Waals surface area contributed by atoms with Crippen LogP contribution < -0.4 is 5.32 Å².